The van der Waals surface area contributed by atoms with E-state index in [1.807, 2.05) is 24.9 Å². The first-order valence-corrected chi connectivity index (χ1v) is 4.31. The van der Waals surface area contributed by atoms with Gasteiger partial charge in [-0.3, -0.25) is 4.68 Å². The summed E-state index contributed by atoms with van der Waals surface area (Å²) in [6.07, 6.45) is 2.04. The maximum atomic E-state index is 5.79. The number of aromatic nitrogens is 2. The lowest BCUT2D eigenvalue weighted by Crippen LogP contribution is -2.09. The zero-order chi connectivity index (χ0) is 9.30. The number of hydrogen-bond acceptors (Lipinski definition) is 2. The average Bonchev–Trinajstić information content (AvgIpc) is 2.31. The summed E-state index contributed by atoms with van der Waals surface area (Å²) in [5.41, 5.74) is 8.07. The van der Waals surface area contributed by atoms with E-state index in [9.17, 15) is 0 Å². The van der Waals surface area contributed by atoms with Crippen LogP contribution in [0.25, 0.3) is 0 Å². The van der Waals surface area contributed by atoms with Crippen molar-refractivity contribution in [3.05, 3.63) is 17.5 Å². The molecule has 0 aliphatic rings. The summed E-state index contributed by atoms with van der Waals surface area (Å²) in [6.45, 7) is 6.28. The number of nitrogens with two attached hydrogens (primary N) is 1. The van der Waals surface area contributed by atoms with Gasteiger partial charge in [-0.2, -0.15) is 5.10 Å². The van der Waals surface area contributed by atoms with Crippen LogP contribution in [0.15, 0.2) is 6.20 Å². The number of hydrogen-bond donors (Lipinski definition) is 1. The molecule has 1 aromatic rings. The summed E-state index contributed by atoms with van der Waals surface area (Å²) < 4.78 is 1.83. The van der Waals surface area contributed by atoms with Crippen molar-refractivity contribution in [1.29, 1.82) is 0 Å². The van der Waals surface area contributed by atoms with E-state index >= 15 is 0 Å². The first kappa shape index (κ1) is 9.26. The molecular weight excluding hydrogens is 150 g/mol. The SMILES string of the molecule is CC(C)c1cn(C)nc1C(C)N. The van der Waals surface area contributed by atoms with Gasteiger partial charge in [0, 0.05) is 19.3 Å². The molecule has 3 heteroatoms. The monoisotopic (exact) mass is 167 g/mol. The van der Waals surface area contributed by atoms with Crippen LogP contribution in [0.5, 0.6) is 0 Å². The molecule has 0 amide bonds. The van der Waals surface area contributed by atoms with E-state index in [1.54, 1.807) is 0 Å². The minimum Gasteiger partial charge on any atom is -0.323 e. The van der Waals surface area contributed by atoms with Crippen molar-refractivity contribution in [2.75, 3.05) is 0 Å². The van der Waals surface area contributed by atoms with E-state index in [0.29, 0.717) is 5.92 Å². The third-order valence-corrected chi connectivity index (χ3v) is 1.94. The molecule has 1 aromatic heterocycles. The van der Waals surface area contributed by atoms with Crippen LogP contribution in [-0.2, 0) is 7.05 Å². The van der Waals surface area contributed by atoms with Gasteiger partial charge in [0.2, 0.25) is 0 Å². The van der Waals surface area contributed by atoms with Crippen molar-refractivity contribution >= 4 is 0 Å². The summed E-state index contributed by atoms with van der Waals surface area (Å²) in [5, 5.41) is 4.32. The molecule has 3 nitrogen and oxygen atoms in total. The van der Waals surface area contributed by atoms with Gasteiger partial charge in [-0.15, -0.1) is 0 Å². The fraction of sp³-hybridized carbons (Fsp3) is 0.667. The van der Waals surface area contributed by atoms with Gasteiger partial charge in [0.1, 0.15) is 0 Å². The molecular formula is C9H17N3. The van der Waals surface area contributed by atoms with Crippen LogP contribution >= 0.6 is 0 Å². The van der Waals surface area contributed by atoms with E-state index in [1.165, 1.54) is 5.56 Å². The standard InChI is InChI=1S/C9H17N3/c1-6(2)8-5-12(4)11-9(8)7(3)10/h5-7H,10H2,1-4H3. The van der Waals surface area contributed by atoms with Gasteiger partial charge in [0.25, 0.3) is 0 Å². The molecule has 0 aliphatic carbocycles. The molecule has 1 unspecified atom stereocenters. The Labute approximate surface area is 73.6 Å². The predicted octanol–water partition coefficient (Wildman–Crippen LogP) is 1.56. The average molecular weight is 167 g/mol. The van der Waals surface area contributed by atoms with Crippen LogP contribution in [0.2, 0.25) is 0 Å². The second-order valence-corrected chi connectivity index (χ2v) is 3.59. The van der Waals surface area contributed by atoms with Crippen LogP contribution in [-0.4, -0.2) is 9.78 Å². The van der Waals surface area contributed by atoms with Crippen LogP contribution in [0.3, 0.4) is 0 Å². The molecule has 0 radical (unpaired) electrons. The first-order chi connectivity index (χ1) is 5.52. The molecule has 0 fully saturated rings. The van der Waals surface area contributed by atoms with Crippen molar-refractivity contribution in [3.63, 3.8) is 0 Å². The summed E-state index contributed by atoms with van der Waals surface area (Å²) in [7, 11) is 1.93. The minimum absolute atomic E-state index is 0.0311. The van der Waals surface area contributed by atoms with E-state index in [0.717, 1.165) is 5.69 Å². The van der Waals surface area contributed by atoms with Gasteiger partial charge >= 0.3 is 0 Å². The minimum atomic E-state index is 0.0311. The van der Waals surface area contributed by atoms with Crippen LogP contribution < -0.4 is 5.73 Å². The van der Waals surface area contributed by atoms with Gasteiger partial charge in [0.15, 0.2) is 0 Å². The lowest BCUT2D eigenvalue weighted by Gasteiger charge is -2.07. The quantitative estimate of drug-likeness (QED) is 0.726. The fourth-order valence-corrected chi connectivity index (χ4v) is 1.32. The van der Waals surface area contributed by atoms with Gasteiger partial charge in [-0.1, -0.05) is 13.8 Å². The second-order valence-electron chi connectivity index (χ2n) is 3.59. The molecule has 0 bridgehead atoms. The summed E-state index contributed by atoms with van der Waals surface area (Å²) in [6, 6.07) is 0.0311. The molecule has 2 N–H and O–H groups in total. The highest BCUT2D eigenvalue weighted by molar-refractivity contribution is 5.23. The van der Waals surface area contributed by atoms with Gasteiger partial charge in [-0.05, 0) is 18.4 Å². The first-order valence-electron chi connectivity index (χ1n) is 4.31. The molecule has 68 valence electrons. The maximum Gasteiger partial charge on any atom is 0.0823 e. The Morgan fingerprint density at radius 1 is 1.42 bits per heavy atom. The van der Waals surface area contributed by atoms with E-state index in [-0.39, 0.29) is 6.04 Å². The van der Waals surface area contributed by atoms with Gasteiger partial charge in [-0.25, -0.2) is 0 Å². The Kier molecular flexibility index (Phi) is 2.52. The van der Waals surface area contributed by atoms with Gasteiger partial charge < -0.3 is 5.73 Å². The third kappa shape index (κ3) is 1.67. The fourth-order valence-electron chi connectivity index (χ4n) is 1.32. The Bertz CT molecular complexity index is 235. The molecule has 0 aromatic carbocycles. The maximum absolute atomic E-state index is 5.79. The van der Waals surface area contributed by atoms with Crippen molar-refractivity contribution < 1.29 is 0 Å². The Balaban J connectivity index is 3.08. The molecule has 0 spiro atoms. The third-order valence-electron chi connectivity index (χ3n) is 1.94. The van der Waals surface area contributed by atoms with Crippen molar-refractivity contribution in [2.45, 2.75) is 32.7 Å². The molecule has 1 heterocycles. The van der Waals surface area contributed by atoms with Crippen molar-refractivity contribution in [2.24, 2.45) is 12.8 Å². The van der Waals surface area contributed by atoms with Crippen molar-refractivity contribution in [3.8, 4) is 0 Å². The highest BCUT2D eigenvalue weighted by Crippen LogP contribution is 2.21. The zero-order valence-electron chi connectivity index (χ0n) is 8.20. The molecule has 1 rings (SSSR count). The van der Waals surface area contributed by atoms with E-state index in [2.05, 4.69) is 18.9 Å². The summed E-state index contributed by atoms with van der Waals surface area (Å²) >= 11 is 0. The molecule has 0 saturated carbocycles. The molecule has 12 heavy (non-hydrogen) atoms. The van der Waals surface area contributed by atoms with E-state index < -0.39 is 0 Å². The van der Waals surface area contributed by atoms with Crippen LogP contribution in [0.4, 0.5) is 0 Å². The number of rotatable bonds is 2. The Morgan fingerprint density at radius 2 is 2.00 bits per heavy atom. The zero-order valence-corrected chi connectivity index (χ0v) is 8.20. The second kappa shape index (κ2) is 3.27. The molecule has 1 atom stereocenters. The molecule has 0 aliphatic heterocycles. The Morgan fingerprint density at radius 3 is 2.33 bits per heavy atom. The largest absolute Gasteiger partial charge is 0.323 e. The Hall–Kier alpha value is -0.830. The van der Waals surface area contributed by atoms with Crippen LogP contribution in [0, 0.1) is 0 Å². The van der Waals surface area contributed by atoms with Crippen molar-refractivity contribution in [1.82, 2.24) is 9.78 Å². The highest BCUT2D eigenvalue weighted by atomic mass is 15.3. The lowest BCUT2D eigenvalue weighted by atomic mass is 10.0. The molecule has 0 saturated heterocycles. The normalized spacial score (nSPS) is 13.8. The van der Waals surface area contributed by atoms with Crippen LogP contribution in [0.1, 0.15) is 44.0 Å². The van der Waals surface area contributed by atoms with E-state index in [4.69, 9.17) is 5.73 Å². The topological polar surface area (TPSA) is 43.8 Å². The number of aryl methyl sites for hydroxylation is 1. The lowest BCUT2D eigenvalue weighted by molar-refractivity contribution is 0.694. The smallest absolute Gasteiger partial charge is 0.0823 e. The summed E-state index contributed by atoms with van der Waals surface area (Å²) in [5.74, 6) is 0.500. The summed E-state index contributed by atoms with van der Waals surface area (Å²) in [4.78, 5) is 0. The number of nitrogens with zero attached hydrogens (tertiary/aromatic N) is 2. The highest BCUT2D eigenvalue weighted by Gasteiger charge is 2.13. The van der Waals surface area contributed by atoms with Gasteiger partial charge in [0.05, 0.1) is 5.69 Å². The predicted molar refractivity (Wildman–Crippen MR) is 49.9 cm³/mol.